The molecule has 1 atom stereocenters. The number of aryl methyl sites for hydroxylation is 2. The molecule has 25 heavy (non-hydrogen) atoms. The predicted molar refractivity (Wildman–Crippen MR) is 97.3 cm³/mol. The average molecular weight is 387 g/mol. The molecule has 0 aliphatic carbocycles. The maximum Gasteiger partial charge on any atom is 0.249 e. The zero-order valence-corrected chi connectivity index (χ0v) is 16.4. The molecule has 0 radical (unpaired) electrons. The number of thiophene rings is 1. The molecule has 6 nitrogen and oxygen atoms in total. The van der Waals surface area contributed by atoms with Crippen LogP contribution < -0.4 is 5.32 Å². The first-order chi connectivity index (χ1) is 11.9. The molecule has 0 saturated carbocycles. The van der Waals surface area contributed by atoms with Gasteiger partial charge in [-0.05, 0) is 51.5 Å². The minimum absolute atomic E-state index is 0.0306. The van der Waals surface area contributed by atoms with Gasteiger partial charge in [0.2, 0.25) is 15.9 Å². The summed E-state index contributed by atoms with van der Waals surface area (Å²) in [5, 5.41) is 2.96. The first kappa shape index (κ1) is 18.8. The van der Waals surface area contributed by atoms with Gasteiger partial charge in [-0.2, -0.15) is 4.31 Å². The van der Waals surface area contributed by atoms with Gasteiger partial charge >= 0.3 is 0 Å². The molecule has 2 aliphatic rings. The molecule has 2 fully saturated rings. The monoisotopic (exact) mass is 386 g/mol. The van der Waals surface area contributed by atoms with Crippen molar-refractivity contribution in [1.29, 1.82) is 0 Å². The SMILES string of the molecule is Cc1cc(S(=O)(=O)N2CCC(CNC(=O)[C@H]3CCCO3)CC2)c(C)s1. The molecule has 2 saturated heterocycles. The highest BCUT2D eigenvalue weighted by Crippen LogP contribution is 2.30. The van der Waals surface area contributed by atoms with Crippen LogP contribution in [0, 0.1) is 19.8 Å². The summed E-state index contributed by atoms with van der Waals surface area (Å²) in [6.07, 6.45) is 2.98. The molecular formula is C17H26N2O4S2. The largest absolute Gasteiger partial charge is 0.368 e. The van der Waals surface area contributed by atoms with Gasteiger partial charge in [0.25, 0.3) is 0 Å². The average Bonchev–Trinajstić information content (AvgIpc) is 3.23. The van der Waals surface area contributed by atoms with Gasteiger partial charge in [-0.1, -0.05) is 0 Å². The van der Waals surface area contributed by atoms with Gasteiger partial charge in [-0.25, -0.2) is 8.42 Å². The number of carbonyl (C=O) groups excluding carboxylic acids is 1. The minimum atomic E-state index is -3.40. The van der Waals surface area contributed by atoms with Crippen LogP contribution in [-0.4, -0.2) is 51.0 Å². The van der Waals surface area contributed by atoms with E-state index in [2.05, 4.69) is 5.32 Å². The number of nitrogens with zero attached hydrogens (tertiary/aromatic N) is 1. The second-order valence-corrected chi connectivity index (χ2v) is 10.2. The molecule has 8 heteroatoms. The summed E-state index contributed by atoms with van der Waals surface area (Å²) in [6, 6.07) is 1.77. The van der Waals surface area contributed by atoms with E-state index in [0.717, 1.165) is 35.4 Å². The van der Waals surface area contributed by atoms with E-state index in [-0.39, 0.29) is 12.0 Å². The molecule has 0 bridgehead atoms. The molecule has 1 aromatic rings. The fourth-order valence-corrected chi connectivity index (χ4v) is 6.49. The number of piperidine rings is 1. The highest BCUT2D eigenvalue weighted by molar-refractivity contribution is 7.89. The molecule has 1 aromatic heterocycles. The molecular weight excluding hydrogens is 360 g/mol. The van der Waals surface area contributed by atoms with Crippen LogP contribution in [0.2, 0.25) is 0 Å². The standard InChI is InChI=1S/C17H26N2O4S2/c1-12-10-16(13(2)24-12)25(21,22)19-7-5-14(6-8-19)11-18-17(20)15-4-3-9-23-15/h10,14-15H,3-9,11H2,1-2H3,(H,18,20)/t15-/m1/s1. The van der Waals surface area contributed by atoms with Crippen molar-refractivity contribution in [2.75, 3.05) is 26.2 Å². The van der Waals surface area contributed by atoms with Gasteiger partial charge in [0.15, 0.2) is 0 Å². The van der Waals surface area contributed by atoms with Gasteiger partial charge < -0.3 is 10.1 Å². The molecule has 1 amide bonds. The molecule has 0 aromatic carbocycles. The Morgan fingerprint density at radius 2 is 2.04 bits per heavy atom. The Labute approximate surface area is 153 Å². The Hall–Kier alpha value is -0.960. The van der Waals surface area contributed by atoms with Crippen molar-refractivity contribution < 1.29 is 17.9 Å². The van der Waals surface area contributed by atoms with E-state index < -0.39 is 10.0 Å². The lowest BCUT2D eigenvalue weighted by atomic mass is 9.98. The fraction of sp³-hybridized carbons (Fsp3) is 0.706. The van der Waals surface area contributed by atoms with Gasteiger partial charge in [0, 0.05) is 36.0 Å². The Morgan fingerprint density at radius 3 is 2.60 bits per heavy atom. The topological polar surface area (TPSA) is 75.7 Å². The van der Waals surface area contributed by atoms with Crippen LogP contribution in [0.15, 0.2) is 11.0 Å². The summed E-state index contributed by atoms with van der Waals surface area (Å²) in [7, 11) is -3.40. The molecule has 0 unspecified atom stereocenters. The molecule has 0 spiro atoms. The van der Waals surface area contributed by atoms with Crippen molar-refractivity contribution >= 4 is 27.3 Å². The van der Waals surface area contributed by atoms with E-state index in [9.17, 15) is 13.2 Å². The normalized spacial score (nSPS) is 23.0. The van der Waals surface area contributed by atoms with E-state index >= 15 is 0 Å². The van der Waals surface area contributed by atoms with Crippen LogP contribution in [0.4, 0.5) is 0 Å². The van der Waals surface area contributed by atoms with Gasteiger partial charge in [0.05, 0.1) is 4.90 Å². The second kappa shape index (κ2) is 7.73. The van der Waals surface area contributed by atoms with E-state index in [0.29, 0.717) is 37.1 Å². The third-order valence-corrected chi connectivity index (χ3v) is 8.09. The Morgan fingerprint density at radius 1 is 1.32 bits per heavy atom. The number of nitrogens with one attached hydrogen (secondary N) is 1. The number of carbonyl (C=O) groups is 1. The zero-order chi connectivity index (χ0) is 18.0. The number of hydrogen-bond acceptors (Lipinski definition) is 5. The van der Waals surface area contributed by atoms with Crippen LogP contribution in [0.25, 0.3) is 0 Å². The van der Waals surface area contributed by atoms with Crippen molar-refractivity contribution in [2.45, 2.75) is 50.5 Å². The molecule has 3 rings (SSSR count). The predicted octanol–water partition coefficient (Wildman–Crippen LogP) is 2.06. The zero-order valence-electron chi connectivity index (χ0n) is 14.8. The van der Waals surface area contributed by atoms with Crippen molar-refractivity contribution in [1.82, 2.24) is 9.62 Å². The van der Waals surface area contributed by atoms with Crippen LogP contribution in [0.1, 0.15) is 35.4 Å². The van der Waals surface area contributed by atoms with E-state index in [1.54, 1.807) is 10.4 Å². The first-order valence-corrected chi connectivity index (χ1v) is 11.1. The summed E-state index contributed by atoms with van der Waals surface area (Å²) in [5.74, 6) is 0.291. The minimum Gasteiger partial charge on any atom is -0.368 e. The first-order valence-electron chi connectivity index (χ1n) is 8.84. The fourth-order valence-electron chi connectivity index (χ4n) is 3.50. The number of amides is 1. The van der Waals surface area contributed by atoms with Crippen molar-refractivity contribution in [2.24, 2.45) is 5.92 Å². The van der Waals surface area contributed by atoms with Gasteiger partial charge in [-0.3, -0.25) is 4.79 Å². The maximum absolute atomic E-state index is 12.8. The van der Waals surface area contributed by atoms with Gasteiger partial charge in [-0.15, -0.1) is 11.3 Å². The van der Waals surface area contributed by atoms with Crippen LogP contribution in [0.3, 0.4) is 0 Å². The highest BCUT2D eigenvalue weighted by Gasteiger charge is 2.32. The summed E-state index contributed by atoms with van der Waals surface area (Å²) < 4.78 is 32.6. The number of hydrogen-bond donors (Lipinski definition) is 1. The number of rotatable bonds is 5. The summed E-state index contributed by atoms with van der Waals surface area (Å²) >= 11 is 1.52. The van der Waals surface area contributed by atoms with E-state index in [1.165, 1.54) is 11.3 Å². The lowest BCUT2D eigenvalue weighted by molar-refractivity contribution is -0.130. The second-order valence-electron chi connectivity index (χ2n) is 6.87. The Bertz CT molecular complexity index is 715. The maximum atomic E-state index is 12.8. The summed E-state index contributed by atoms with van der Waals surface area (Å²) in [6.45, 7) is 6.07. The van der Waals surface area contributed by atoms with Gasteiger partial charge in [0.1, 0.15) is 6.10 Å². The van der Waals surface area contributed by atoms with E-state index in [1.807, 2.05) is 13.8 Å². The van der Waals surface area contributed by atoms with Crippen LogP contribution in [-0.2, 0) is 19.6 Å². The quantitative estimate of drug-likeness (QED) is 0.840. The number of ether oxygens (including phenoxy) is 1. The van der Waals surface area contributed by atoms with E-state index in [4.69, 9.17) is 4.74 Å². The van der Waals surface area contributed by atoms with Crippen LogP contribution >= 0.6 is 11.3 Å². The smallest absolute Gasteiger partial charge is 0.249 e. The van der Waals surface area contributed by atoms with Crippen molar-refractivity contribution in [3.05, 3.63) is 15.8 Å². The summed E-state index contributed by atoms with van der Waals surface area (Å²) in [4.78, 5) is 14.3. The number of sulfonamides is 1. The molecule has 2 aliphatic heterocycles. The lowest BCUT2D eigenvalue weighted by Crippen LogP contribution is -2.43. The van der Waals surface area contributed by atoms with Crippen LogP contribution in [0.5, 0.6) is 0 Å². The molecule has 3 heterocycles. The third-order valence-electron chi connectivity index (χ3n) is 4.97. The molecule has 1 N–H and O–H groups in total. The Kier molecular flexibility index (Phi) is 5.82. The Balaban J connectivity index is 1.51. The lowest BCUT2D eigenvalue weighted by Gasteiger charge is -2.31. The van der Waals surface area contributed by atoms with Crippen molar-refractivity contribution in [3.63, 3.8) is 0 Å². The summed E-state index contributed by atoms with van der Waals surface area (Å²) in [5.41, 5.74) is 0. The van der Waals surface area contributed by atoms with Crippen molar-refractivity contribution in [3.8, 4) is 0 Å². The highest BCUT2D eigenvalue weighted by atomic mass is 32.2. The molecule has 140 valence electrons. The third kappa shape index (κ3) is 4.24.